The first-order valence-electron chi connectivity index (χ1n) is 5.19. The van der Waals surface area contributed by atoms with E-state index in [4.69, 9.17) is 0 Å². The van der Waals surface area contributed by atoms with Crippen LogP contribution >= 0.6 is 23.5 Å². The molecule has 1 nitrogen and oxygen atoms in total. The van der Waals surface area contributed by atoms with Crippen LogP contribution in [0.15, 0.2) is 28.0 Å². The molecule has 1 rings (SSSR count). The van der Waals surface area contributed by atoms with Gasteiger partial charge in [0.15, 0.2) is 0 Å². The first-order valence-corrected chi connectivity index (χ1v) is 6.82. The summed E-state index contributed by atoms with van der Waals surface area (Å²) in [5.74, 6) is 0. The van der Waals surface area contributed by atoms with Crippen LogP contribution in [0.3, 0.4) is 0 Å². The SMILES string of the molecule is O=CCCc1cc(SC(F)(F)F)ccc1SC(F)(F)F. The first kappa shape index (κ1) is 17.2. The molecular formula is C11H8F6OS2. The Bertz CT molecular complexity index is 469. The van der Waals surface area contributed by atoms with Gasteiger partial charge in [0.2, 0.25) is 0 Å². The minimum Gasteiger partial charge on any atom is -0.303 e. The highest BCUT2D eigenvalue weighted by Crippen LogP contribution is 2.42. The summed E-state index contributed by atoms with van der Waals surface area (Å²) >= 11 is -0.806. The summed E-state index contributed by atoms with van der Waals surface area (Å²) in [4.78, 5) is 9.88. The van der Waals surface area contributed by atoms with Crippen LogP contribution in [0, 0.1) is 0 Å². The molecule has 0 atom stereocenters. The first-order chi connectivity index (χ1) is 9.11. The lowest BCUT2D eigenvalue weighted by atomic mass is 10.1. The molecule has 0 bridgehead atoms. The fourth-order valence-corrected chi connectivity index (χ4v) is 2.67. The zero-order chi connectivity index (χ0) is 15.4. The number of carbonyl (C=O) groups is 1. The molecule has 1 aromatic carbocycles. The van der Waals surface area contributed by atoms with Gasteiger partial charge in [-0.1, -0.05) is 0 Å². The second-order valence-electron chi connectivity index (χ2n) is 3.57. The highest BCUT2D eigenvalue weighted by molar-refractivity contribution is 8.00. The third kappa shape index (κ3) is 6.56. The van der Waals surface area contributed by atoms with Gasteiger partial charge in [0.05, 0.1) is 0 Å². The van der Waals surface area contributed by atoms with Gasteiger partial charge in [0.1, 0.15) is 6.29 Å². The fraction of sp³-hybridized carbons (Fsp3) is 0.364. The van der Waals surface area contributed by atoms with Gasteiger partial charge in [0, 0.05) is 16.2 Å². The summed E-state index contributed by atoms with van der Waals surface area (Å²) in [6, 6.07) is 3.01. The molecule has 0 N–H and O–H groups in total. The van der Waals surface area contributed by atoms with Crippen LogP contribution < -0.4 is 0 Å². The Morgan fingerprint density at radius 1 is 1.00 bits per heavy atom. The Labute approximate surface area is 119 Å². The predicted octanol–water partition coefficient (Wildman–Crippen LogP) is 5.04. The van der Waals surface area contributed by atoms with Crippen LogP contribution in [0.25, 0.3) is 0 Å². The minimum atomic E-state index is -4.53. The van der Waals surface area contributed by atoms with E-state index in [0.717, 1.165) is 18.2 Å². The molecule has 0 aliphatic carbocycles. The predicted molar refractivity (Wildman–Crippen MR) is 64.7 cm³/mol. The van der Waals surface area contributed by atoms with E-state index in [2.05, 4.69) is 0 Å². The molecule has 0 radical (unpaired) electrons. The fourth-order valence-electron chi connectivity index (χ4n) is 1.39. The Hall–Kier alpha value is -0.830. The van der Waals surface area contributed by atoms with Crippen LogP contribution in [-0.2, 0) is 11.2 Å². The summed E-state index contributed by atoms with van der Waals surface area (Å²) < 4.78 is 73.6. The molecule has 112 valence electrons. The smallest absolute Gasteiger partial charge is 0.303 e. The van der Waals surface area contributed by atoms with Crippen molar-refractivity contribution >= 4 is 29.8 Å². The largest absolute Gasteiger partial charge is 0.446 e. The second-order valence-corrected chi connectivity index (χ2v) is 5.82. The number of carbonyl (C=O) groups excluding carboxylic acids is 1. The average molecular weight is 334 g/mol. The summed E-state index contributed by atoms with van der Waals surface area (Å²) in [5, 5.41) is 0. The van der Waals surface area contributed by atoms with Crippen molar-refractivity contribution in [3.05, 3.63) is 23.8 Å². The van der Waals surface area contributed by atoms with Crippen molar-refractivity contribution < 1.29 is 31.1 Å². The number of rotatable bonds is 5. The van der Waals surface area contributed by atoms with Crippen LogP contribution in [0.5, 0.6) is 0 Å². The number of aryl methyl sites for hydroxylation is 1. The molecule has 0 aromatic heterocycles. The van der Waals surface area contributed by atoms with E-state index >= 15 is 0 Å². The summed E-state index contributed by atoms with van der Waals surface area (Å²) in [6.45, 7) is 0. The number of aldehydes is 1. The normalized spacial score (nSPS) is 12.5. The molecule has 0 unspecified atom stereocenters. The van der Waals surface area contributed by atoms with E-state index in [0.29, 0.717) is 6.29 Å². The minimum absolute atomic E-state index is 0.0336. The number of hydrogen-bond acceptors (Lipinski definition) is 3. The molecule has 0 heterocycles. The number of thioether (sulfide) groups is 2. The topological polar surface area (TPSA) is 17.1 Å². The molecule has 0 aliphatic rings. The Morgan fingerprint density at radius 3 is 2.10 bits per heavy atom. The van der Waals surface area contributed by atoms with Crippen molar-refractivity contribution in [3.63, 3.8) is 0 Å². The van der Waals surface area contributed by atoms with Gasteiger partial charge in [0.25, 0.3) is 0 Å². The third-order valence-corrected chi connectivity index (χ3v) is 3.59. The standard InChI is InChI=1S/C11H8F6OS2/c12-10(13,14)19-8-3-4-9(20-11(15,16)17)7(6-8)2-1-5-18/h3-6H,1-2H2. The maximum absolute atomic E-state index is 12.3. The van der Waals surface area contributed by atoms with Gasteiger partial charge >= 0.3 is 11.0 Å². The van der Waals surface area contributed by atoms with Crippen molar-refractivity contribution in [1.29, 1.82) is 0 Å². The van der Waals surface area contributed by atoms with Crippen LogP contribution in [-0.4, -0.2) is 17.3 Å². The molecule has 0 fully saturated rings. The number of alkyl halides is 6. The Kier molecular flexibility index (Phi) is 5.81. The number of benzene rings is 1. The van der Waals surface area contributed by atoms with Gasteiger partial charge in [-0.05, 0) is 53.7 Å². The molecule has 0 amide bonds. The second kappa shape index (κ2) is 6.75. The monoisotopic (exact) mass is 334 g/mol. The Morgan fingerprint density at radius 2 is 1.60 bits per heavy atom. The van der Waals surface area contributed by atoms with Crippen molar-refractivity contribution in [2.75, 3.05) is 0 Å². The zero-order valence-electron chi connectivity index (χ0n) is 9.72. The summed E-state index contributed by atoms with van der Waals surface area (Å²) in [7, 11) is 0. The van der Waals surface area contributed by atoms with Gasteiger partial charge in [-0.25, -0.2) is 0 Å². The number of halogens is 6. The average Bonchev–Trinajstić information content (AvgIpc) is 2.25. The molecule has 20 heavy (non-hydrogen) atoms. The van der Waals surface area contributed by atoms with E-state index in [9.17, 15) is 31.1 Å². The van der Waals surface area contributed by atoms with E-state index < -0.39 is 34.5 Å². The van der Waals surface area contributed by atoms with Crippen molar-refractivity contribution in [2.24, 2.45) is 0 Å². The lowest BCUT2D eigenvalue weighted by molar-refractivity contribution is -0.107. The van der Waals surface area contributed by atoms with Gasteiger partial charge in [-0.2, -0.15) is 26.3 Å². The van der Waals surface area contributed by atoms with Crippen molar-refractivity contribution in [3.8, 4) is 0 Å². The third-order valence-electron chi connectivity index (χ3n) is 2.02. The Balaban J connectivity index is 3.02. The van der Waals surface area contributed by atoms with E-state index in [1.54, 1.807) is 0 Å². The summed E-state index contributed by atoms with van der Waals surface area (Å²) in [6.07, 6.45) is 0.422. The molecule has 0 aliphatic heterocycles. The maximum atomic E-state index is 12.3. The number of hydrogen-bond donors (Lipinski definition) is 0. The van der Waals surface area contributed by atoms with Crippen molar-refractivity contribution in [1.82, 2.24) is 0 Å². The zero-order valence-corrected chi connectivity index (χ0v) is 11.3. The molecule has 0 spiro atoms. The van der Waals surface area contributed by atoms with E-state index in [-0.39, 0.29) is 28.2 Å². The molecule has 0 saturated carbocycles. The van der Waals surface area contributed by atoms with Gasteiger partial charge in [-0.15, -0.1) is 0 Å². The van der Waals surface area contributed by atoms with Gasteiger partial charge in [-0.3, -0.25) is 0 Å². The molecule has 0 saturated heterocycles. The van der Waals surface area contributed by atoms with Crippen LogP contribution in [0.1, 0.15) is 12.0 Å². The lowest BCUT2D eigenvalue weighted by Gasteiger charge is -2.13. The lowest BCUT2D eigenvalue weighted by Crippen LogP contribution is -2.03. The highest BCUT2D eigenvalue weighted by Gasteiger charge is 2.32. The summed E-state index contributed by atoms with van der Waals surface area (Å²) in [5.41, 5.74) is -8.97. The molecular weight excluding hydrogens is 326 g/mol. The molecule has 1 aromatic rings. The van der Waals surface area contributed by atoms with Crippen LogP contribution in [0.4, 0.5) is 26.3 Å². The van der Waals surface area contributed by atoms with E-state index in [1.165, 1.54) is 0 Å². The molecule has 9 heteroatoms. The van der Waals surface area contributed by atoms with E-state index in [1.807, 2.05) is 0 Å². The van der Waals surface area contributed by atoms with Crippen LogP contribution in [0.2, 0.25) is 0 Å². The van der Waals surface area contributed by atoms with Crippen molar-refractivity contribution in [2.45, 2.75) is 33.6 Å². The maximum Gasteiger partial charge on any atom is 0.446 e. The highest BCUT2D eigenvalue weighted by atomic mass is 32.2. The van der Waals surface area contributed by atoms with Gasteiger partial charge < -0.3 is 4.79 Å². The quantitative estimate of drug-likeness (QED) is 0.426.